The highest BCUT2D eigenvalue weighted by atomic mass is 16.4. The lowest BCUT2D eigenvalue weighted by atomic mass is 9.96. The summed E-state index contributed by atoms with van der Waals surface area (Å²) in [7, 11) is 0. The van der Waals surface area contributed by atoms with Gasteiger partial charge in [0.2, 0.25) is 5.91 Å². The van der Waals surface area contributed by atoms with E-state index in [4.69, 9.17) is 5.11 Å². The van der Waals surface area contributed by atoms with Crippen molar-refractivity contribution in [3.63, 3.8) is 0 Å². The number of rotatable bonds is 8. The molecule has 3 N–H and O–H groups in total. The number of carboxylic acid groups (broad SMARTS) is 1. The Kier molecular flexibility index (Phi) is 8.42. The predicted molar refractivity (Wildman–Crippen MR) is 79.9 cm³/mol. The van der Waals surface area contributed by atoms with Crippen molar-refractivity contribution in [2.24, 2.45) is 11.8 Å². The molecule has 2 atom stereocenters. The van der Waals surface area contributed by atoms with Gasteiger partial charge in [0, 0.05) is 19.6 Å². The first-order chi connectivity index (χ1) is 9.74. The van der Waals surface area contributed by atoms with Gasteiger partial charge in [-0.05, 0) is 26.7 Å². The van der Waals surface area contributed by atoms with Crippen LogP contribution in [0.25, 0.3) is 0 Å². The standard InChI is InChI=1S/C14H27N3O4/c1-6-17(7-2)12(18)10(5)16-14(21)15-8-11(9(3)4)13(19)20/h9-11H,6-8H2,1-5H3,(H,19,20)(H2,15,16,21). The summed E-state index contributed by atoms with van der Waals surface area (Å²) < 4.78 is 0. The van der Waals surface area contributed by atoms with Crippen LogP contribution in [0.15, 0.2) is 0 Å². The van der Waals surface area contributed by atoms with Gasteiger partial charge in [0.15, 0.2) is 0 Å². The predicted octanol–water partition coefficient (Wildman–Crippen LogP) is 0.899. The highest BCUT2D eigenvalue weighted by Gasteiger charge is 2.23. The van der Waals surface area contributed by atoms with Crippen LogP contribution in [0.2, 0.25) is 0 Å². The van der Waals surface area contributed by atoms with Gasteiger partial charge in [-0.3, -0.25) is 9.59 Å². The zero-order chi connectivity index (χ0) is 16.6. The van der Waals surface area contributed by atoms with E-state index in [0.717, 1.165) is 0 Å². The van der Waals surface area contributed by atoms with Crippen LogP contribution >= 0.6 is 0 Å². The second-order valence-electron chi connectivity index (χ2n) is 5.28. The Balaban J connectivity index is 4.37. The normalized spacial score (nSPS) is 13.4. The minimum absolute atomic E-state index is 0.0328. The van der Waals surface area contributed by atoms with Crippen molar-refractivity contribution in [3.05, 3.63) is 0 Å². The Labute approximate surface area is 126 Å². The van der Waals surface area contributed by atoms with Gasteiger partial charge in [-0.2, -0.15) is 0 Å². The molecule has 7 heteroatoms. The maximum absolute atomic E-state index is 12.0. The van der Waals surface area contributed by atoms with E-state index in [1.54, 1.807) is 25.7 Å². The largest absolute Gasteiger partial charge is 0.481 e. The number of hydrogen-bond acceptors (Lipinski definition) is 3. The van der Waals surface area contributed by atoms with Crippen molar-refractivity contribution in [1.82, 2.24) is 15.5 Å². The van der Waals surface area contributed by atoms with Crippen molar-refractivity contribution in [2.45, 2.75) is 40.7 Å². The molecule has 0 fully saturated rings. The highest BCUT2D eigenvalue weighted by Crippen LogP contribution is 2.09. The molecule has 0 rings (SSSR count). The maximum atomic E-state index is 12.0. The van der Waals surface area contributed by atoms with E-state index in [-0.39, 0.29) is 18.4 Å². The Morgan fingerprint density at radius 1 is 1.10 bits per heavy atom. The first-order valence-corrected chi connectivity index (χ1v) is 7.30. The van der Waals surface area contributed by atoms with Gasteiger partial charge in [0.1, 0.15) is 6.04 Å². The minimum Gasteiger partial charge on any atom is -0.481 e. The molecule has 0 aromatic heterocycles. The molecule has 21 heavy (non-hydrogen) atoms. The molecule has 0 aromatic carbocycles. The van der Waals surface area contributed by atoms with Gasteiger partial charge >= 0.3 is 12.0 Å². The lowest BCUT2D eigenvalue weighted by molar-refractivity contribution is -0.143. The molecule has 0 heterocycles. The second-order valence-corrected chi connectivity index (χ2v) is 5.28. The van der Waals surface area contributed by atoms with E-state index < -0.39 is 24.0 Å². The SMILES string of the molecule is CCN(CC)C(=O)C(C)NC(=O)NCC(C(=O)O)C(C)C. The zero-order valence-corrected chi connectivity index (χ0v) is 13.5. The molecular weight excluding hydrogens is 274 g/mol. The number of carbonyl (C=O) groups excluding carboxylic acids is 2. The molecule has 0 aliphatic heterocycles. The summed E-state index contributed by atoms with van der Waals surface area (Å²) in [5, 5.41) is 14.1. The van der Waals surface area contributed by atoms with Crippen LogP contribution in [0.5, 0.6) is 0 Å². The first kappa shape index (κ1) is 19.2. The lowest BCUT2D eigenvalue weighted by Crippen LogP contribution is -2.50. The Bertz CT molecular complexity index is 367. The maximum Gasteiger partial charge on any atom is 0.315 e. The molecule has 0 radical (unpaired) electrons. The number of likely N-dealkylation sites (N-methyl/N-ethyl adjacent to an activating group) is 1. The molecule has 122 valence electrons. The number of nitrogens with one attached hydrogen (secondary N) is 2. The summed E-state index contributed by atoms with van der Waals surface area (Å²) in [4.78, 5) is 36.3. The summed E-state index contributed by atoms with van der Waals surface area (Å²) in [5.41, 5.74) is 0. The molecule has 2 unspecified atom stereocenters. The summed E-state index contributed by atoms with van der Waals surface area (Å²) >= 11 is 0. The number of amides is 3. The van der Waals surface area contributed by atoms with Crippen LogP contribution in [0.1, 0.15) is 34.6 Å². The third-order valence-electron chi connectivity index (χ3n) is 3.40. The van der Waals surface area contributed by atoms with Gasteiger partial charge in [-0.25, -0.2) is 4.79 Å². The van der Waals surface area contributed by atoms with Crippen LogP contribution in [-0.2, 0) is 9.59 Å². The molecule has 0 aliphatic rings. The first-order valence-electron chi connectivity index (χ1n) is 7.30. The van der Waals surface area contributed by atoms with E-state index in [9.17, 15) is 14.4 Å². The average Bonchev–Trinajstić information content (AvgIpc) is 2.39. The van der Waals surface area contributed by atoms with Crippen LogP contribution in [-0.4, -0.2) is 53.6 Å². The van der Waals surface area contributed by atoms with E-state index in [1.807, 2.05) is 13.8 Å². The Hall–Kier alpha value is -1.79. The summed E-state index contributed by atoms with van der Waals surface area (Å²) in [5.74, 6) is -1.84. The highest BCUT2D eigenvalue weighted by molar-refractivity contribution is 5.86. The average molecular weight is 301 g/mol. The van der Waals surface area contributed by atoms with E-state index in [2.05, 4.69) is 10.6 Å². The molecular formula is C14H27N3O4. The van der Waals surface area contributed by atoms with Crippen molar-refractivity contribution >= 4 is 17.9 Å². The van der Waals surface area contributed by atoms with E-state index in [0.29, 0.717) is 13.1 Å². The molecule has 0 spiro atoms. The van der Waals surface area contributed by atoms with Crippen molar-refractivity contribution < 1.29 is 19.5 Å². The molecule has 0 aliphatic carbocycles. The van der Waals surface area contributed by atoms with E-state index >= 15 is 0 Å². The molecule has 0 saturated carbocycles. The Morgan fingerprint density at radius 2 is 1.62 bits per heavy atom. The monoisotopic (exact) mass is 301 g/mol. The number of aliphatic carboxylic acids is 1. The van der Waals surface area contributed by atoms with E-state index in [1.165, 1.54) is 0 Å². The third kappa shape index (κ3) is 6.46. The van der Waals surface area contributed by atoms with Crippen molar-refractivity contribution in [1.29, 1.82) is 0 Å². The number of hydrogen-bond donors (Lipinski definition) is 3. The quantitative estimate of drug-likeness (QED) is 0.620. The van der Waals surface area contributed by atoms with Crippen molar-refractivity contribution in [3.8, 4) is 0 Å². The minimum atomic E-state index is -0.947. The fourth-order valence-corrected chi connectivity index (χ4v) is 1.93. The number of nitrogens with zero attached hydrogens (tertiary/aromatic N) is 1. The molecule has 7 nitrogen and oxygen atoms in total. The smallest absolute Gasteiger partial charge is 0.315 e. The van der Waals surface area contributed by atoms with Crippen LogP contribution in [0.4, 0.5) is 4.79 Å². The van der Waals surface area contributed by atoms with Crippen LogP contribution in [0.3, 0.4) is 0 Å². The van der Waals surface area contributed by atoms with Gasteiger partial charge in [-0.1, -0.05) is 13.8 Å². The molecule has 0 saturated heterocycles. The molecule has 0 aromatic rings. The van der Waals surface area contributed by atoms with Gasteiger partial charge in [-0.15, -0.1) is 0 Å². The van der Waals surface area contributed by atoms with Crippen molar-refractivity contribution in [2.75, 3.05) is 19.6 Å². The summed E-state index contributed by atoms with van der Waals surface area (Å²) in [6.07, 6.45) is 0. The topological polar surface area (TPSA) is 98.7 Å². The number of carboxylic acids is 1. The zero-order valence-electron chi connectivity index (χ0n) is 13.5. The van der Waals surface area contributed by atoms with Crippen LogP contribution < -0.4 is 10.6 Å². The number of urea groups is 1. The Morgan fingerprint density at radius 3 is 2.00 bits per heavy atom. The summed E-state index contributed by atoms with van der Waals surface area (Å²) in [6, 6.07) is -1.18. The second kappa shape index (κ2) is 9.20. The third-order valence-corrected chi connectivity index (χ3v) is 3.40. The van der Waals surface area contributed by atoms with Gasteiger partial charge in [0.25, 0.3) is 0 Å². The molecule has 0 bridgehead atoms. The van der Waals surface area contributed by atoms with Gasteiger partial charge < -0.3 is 20.6 Å². The molecule has 3 amide bonds. The lowest BCUT2D eigenvalue weighted by Gasteiger charge is -2.24. The summed E-state index contributed by atoms with van der Waals surface area (Å²) in [6.45, 7) is 10.1. The van der Waals surface area contributed by atoms with Gasteiger partial charge in [0.05, 0.1) is 5.92 Å². The fourth-order valence-electron chi connectivity index (χ4n) is 1.93. The van der Waals surface area contributed by atoms with Crippen LogP contribution in [0, 0.1) is 11.8 Å². The fraction of sp³-hybridized carbons (Fsp3) is 0.786. The number of carbonyl (C=O) groups is 3.